The number of aromatic nitrogens is 5. The van der Waals surface area contributed by atoms with E-state index in [0.29, 0.717) is 34.4 Å². The SMILES string of the molecule is CCn1[nH]c(=O)c(-c2cc(-n3nc4ccccc4n3)c(O)c(C(C)(C)C)c2)c1O. The second kappa shape index (κ2) is 6.51. The molecule has 0 bridgehead atoms. The van der Waals surface area contributed by atoms with Crippen LogP contribution in [0, 0.1) is 0 Å². The molecule has 0 spiro atoms. The van der Waals surface area contributed by atoms with Crippen LogP contribution in [0.4, 0.5) is 0 Å². The van der Waals surface area contributed by atoms with Gasteiger partial charge in [-0.25, -0.2) is 0 Å². The zero-order chi connectivity index (χ0) is 20.9. The van der Waals surface area contributed by atoms with Crippen molar-refractivity contribution in [2.24, 2.45) is 0 Å². The summed E-state index contributed by atoms with van der Waals surface area (Å²) >= 11 is 0. The fourth-order valence-corrected chi connectivity index (χ4v) is 3.41. The average Bonchev–Trinajstić information content (AvgIpc) is 3.21. The van der Waals surface area contributed by atoms with Crippen LogP contribution in [0.25, 0.3) is 27.8 Å². The molecule has 29 heavy (non-hydrogen) atoms. The highest BCUT2D eigenvalue weighted by Gasteiger charge is 2.26. The monoisotopic (exact) mass is 393 g/mol. The molecule has 0 saturated carbocycles. The van der Waals surface area contributed by atoms with Crippen molar-refractivity contribution in [3.8, 4) is 28.4 Å². The molecule has 0 radical (unpaired) electrons. The Morgan fingerprint density at radius 3 is 2.21 bits per heavy atom. The van der Waals surface area contributed by atoms with E-state index in [1.54, 1.807) is 12.1 Å². The number of benzene rings is 2. The van der Waals surface area contributed by atoms with Gasteiger partial charge < -0.3 is 10.2 Å². The number of aromatic hydroxyl groups is 2. The average molecular weight is 393 g/mol. The number of fused-ring (bicyclic) bond motifs is 1. The predicted octanol–water partition coefficient (Wildman–Crippen LogP) is 3.31. The minimum atomic E-state index is -0.420. The third-order valence-corrected chi connectivity index (χ3v) is 4.95. The van der Waals surface area contributed by atoms with Gasteiger partial charge in [0.15, 0.2) is 0 Å². The van der Waals surface area contributed by atoms with Crippen LogP contribution in [0.2, 0.25) is 0 Å². The van der Waals surface area contributed by atoms with E-state index in [9.17, 15) is 15.0 Å². The van der Waals surface area contributed by atoms with E-state index in [-0.39, 0.29) is 17.2 Å². The van der Waals surface area contributed by atoms with Gasteiger partial charge in [0.1, 0.15) is 28.0 Å². The van der Waals surface area contributed by atoms with Crippen molar-refractivity contribution in [1.29, 1.82) is 0 Å². The fraction of sp³-hybridized carbons (Fsp3) is 0.286. The first-order valence-electron chi connectivity index (χ1n) is 9.42. The Hall–Kier alpha value is -3.55. The Bertz CT molecular complexity index is 1240. The molecule has 8 nitrogen and oxygen atoms in total. The van der Waals surface area contributed by atoms with Crippen molar-refractivity contribution in [3.63, 3.8) is 0 Å². The maximum absolute atomic E-state index is 12.5. The number of aryl methyl sites for hydroxylation is 1. The number of nitrogens with zero attached hydrogens (tertiary/aromatic N) is 4. The van der Waals surface area contributed by atoms with Gasteiger partial charge in [0.05, 0.1) is 0 Å². The quantitative estimate of drug-likeness (QED) is 0.495. The van der Waals surface area contributed by atoms with Crippen LogP contribution >= 0.6 is 0 Å². The Kier molecular flexibility index (Phi) is 4.22. The molecule has 2 aromatic heterocycles. The van der Waals surface area contributed by atoms with Gasteiger partial charge >= 0.3 is 0 Å². The van der Waals surface area contributed by atoms with E-state index in [0.717, 1.165) is 0 Å². The Labute approximate surface area is 167 Å². The summed E-state index contributed by atoms with van der Waals surface area (Å²) in [5.74, 6) is -0.111. The van der Waals surface area contributed by atoms with Gasteiger partial charge in [-0.05, 0) is 42.2 Å². The summed E-state index contributed by atoms with van der Waals surface area (Å²) in [6, 6.07) is 10.7. The molecular formula is C21H23N5O3. The third kappa shape index (κ3) is 3.06. The molecule has 2 aromatic carbocycles. The van der Waals surface area contributed by atoms with E-state index in [1.165, 1.54) is 9.48 Å². The van der Waals surface area contributed by atoms with Crippen molar-refractivity contribution >= 4 is 11.0 Å². The van der Waals surface area contributed by atoms with E-state index in [1.807, 2.05) is 52.0 Å². The van der Waals surface area contributed by atoms with Gasteiger partial charge in [0, 0.05) is 12.1 Å². The Morgan fingerprint density at radius 2 is 1.69 bits per heavy atom. The zero-order valence-corrected chi connectivity index (χ0v) is 16.8. The number of H-pyrrole nitrogens is 1. The number of hydrogen-bond donors (Lipinski definition) is 3. The largest absolute Gasteiger partial charge is 0.505 e. The molecule has 3 N–H and O–H groups in total. The molecule has 0 atom stereocenters. The summed E-state index contributed by atoms with van der Waals surface area (Å²) in [6.45, 7) is 8.13. The lowest BCUT2D eigenvalue weighted by Gasteiger charge is -2.22. The van der Waals surface area contributed by atoms with Crippen LogP contribution in [0.15, 0.2) is 41.2 Å². The summed E-state index contributed by atoms with van der Waals surface area (Å²) in [7, 11) is 0. The number of phenolic OH excluding ortho intramolecular Hbond substituents is 1. The molecule has 0 amide bonds. The third-order valence-electron chi connectivity index (χ3n) is 4.95. The first kappa shape index (κ1) is 18.8. The molecule has 8 heteroatoms. The molecule has 0 aliphatic rings. The van der Waals surface area contributed by atoms with Crippen LogP contribution in [0.1, 0.15) is 33.3 Å². The molecule has 0 unspecified atom stereocenters. The number of rotatable bonds is 3. The van der Waals surface area contributed by atoms with Crippen LogP contribution in [0.3, 0.4) is 0 Å². The highest BCUT2D eigenvalue weighted by atomic mass is 16.3. The Morgan fingerprint density at radius 1 is 1.07 bits per heavy atom. The van der Waals surface area contributed by atoms with E-state index in [2.05, 4.69) is 15.3 Å². The minimum absolute atomic E-state index is 0.0346. The maximum atomic E-state index is 12.5. The molecule has 0 saturated heterocycles. The van der Waals surface area contributed by atoms with E-state index in [4.69, 9.17) is 0 Å². The number of aromatic amines is 1. The van der Waals surface area contributed by atoms with Crippen LogP contribution < -0.4 is 5.56 Å². The lowest BCUT2D eigenvalue weighted by atomic mass is 9.84. The Balaban J connectivity index is 2.03. The van der Waals surface area contributed by atoms with Gasteiger partial charge in [-0.1, -0.05) is 32.9 Å². The maximum Gasteiger partial charge on any atom is 0.275 e. The first-order valence-corrected chi connectivity index (χ1v) is 9.42. The van der Waals surface area contributed by atoms with Gasteiger partial charge in [0.2, 0.25) is 5.88 Å². The molecule has 0 fully saturated rings. The van der Waals surface area contributed by atoms with Gasteiger partial charge in [-0.3, -0.25) is 14.6 Å². The summed E-state index contributed by atoms with van der Waals surface area (Å²) < 4.78 is 1.38. The van der Waals surface area contributed by atoms with Crippen molar-refractivity contribution < 1.29 is 10.2 Å². The molecular weight excluding hydrogens is 370 g/mol. The van der Waals surface area contributed by atoms with Crippen LogP contribution in [-0.4, -0.2) is 35.0 Å². The number of phenols is 1. The van der Waals surface area contributed by atoms with Crippen LogP contribution in [-0.2, 0) is 12.0 Å². The standard InChI is InChI=1S/C21H23N5O3/c1-5-25-20(29)17(19(28)24-25)12-10-13(21(2,3)4)18(27)16(11-12)26-22-14-8-6-7-9-15(14)23-26/h6-11,27,29H,5H2,1-4H3,(H,24,28). The molecule has 4 aromatic rings. The second-order valence-electron chi connectivity index (χ2n) is 8.00. The molecule has 0 aliphatic carbocycles. The highest BCUT2D eigenvalue weighted by molar-refractivity contribution is 5.76. The van der Waals surface area contributed by atoms with Crippen LogP contribution in [0.5, 0.6) is 11.6 Å². The van der Waals surface area contributed by atoms with E-state index < -0.39 is 11.0 Å². The summed E-state index contributed by atoms with van der Waals surface area (Å²) in [5, 5.41) is 33.1. The molecule has 0 aliphatic heterocycles. The summed E-state index contributed by atoms with van der Waals surface area (Å²) in [4.78, 5) is 13.9. The van der Waals surface area contributed by atoms with Crippen molar-refractivity contribution in [3.05, 3.63) is 52.3 Å². The fourth-order valence-electron chi connectivity index (χ4n) is 3.41. The smallest absolute Gasteiger partial charge is 0.275 e. The van der Waals surface area contributed by atoms with Gasteiger partial charge in [-0.15, -0.1) is 15.0 Å². The summed E-state index contributed by atoms with van der Waals surface area (Å²) in [5.41, 5.74) is 2.14. The van der Waals surface area contributed by atoms with Crippen molar-refractivity contribution in [2.45, 2.75) is 39.7 Å². The van der Waals surface area contributed by atoms with Gasteiger partial charge in [-0.2, -0.15) is 0 Å². The first-order chi connectivity index (χ1) is 13.7. The number of nitrogens with one attached hydrogen (secondary N) is 1. The molecule has 2 heterocycles. The van der Waals surface area contributed by atoms with Crippen molar-refractivity contribution in [2.75, 3.05) is 0 Å². The lowest BCUT2D eigenvalue weighted by molar-refractivity contribution is 0.406. The highest BCUT2D eigenvalue weighted by Crippen LogP contribution is 2.39. The normalized spacial score (nSPS) is 12.0. The van der Waals surface area contributed by atoms with E-state index >= 15 is 0 Å². The summed E-state index contributed by atoms with van der Waals surface area (Å²) in [6.07, 6.45) is 0. The predicted molar refractivity (Wildman–Crippen MR) is 111 cm³/mol. The second-order valence-corrected chi connectivity index (χ2v) is 8.00. The molecule has 150 valence electrons. The zero-order valence-electron chi connectivity index (χ0n) is 16.8. The van der Waals surface area contributed by atoms with Crippen molar-refractivity contribution in [1.82, 2.24) is 24.8 Å². The lowest BCUT2D eigenvalue weighted by Crippen LogP contribution is -2.14. The number of hydrogen-bond acceptors (Lipinski definition) is 5. The van der Waals surface area contributed by atoms with Gasteiger partial charge in [0.25, 0.3) is 5.56 Å². The molecule has 4 rings (SSSR count). The minimum Gasteiger partial charge on any atom is -0.505 e. The topological polar surface area (TPSA) is 109 Å².